The minimum atomic E-state index is -5.01. The van der Waals surface area contributed by atoms with Crippen molar-refractivity contribution in [1.82, 2.24) is 0 Å². The fourth-order valence-corrected chi connectivity index (χ4v) is 6.69. The molecule has 2 aromatic carbocycles. The molecule has 1 saturated heterocycles. The van der Waals surface area contributed by atoms with Crippen molar-refractivity contribution < 1.29 is 42.2 Å². The van der Waals surface area contributed by atoms with E-state index in [1.54, 1.807) is 36.4 Å². The number of ketones is 2. The molecule has 6 rings (SSSR count). The molecule has 1 heterocycles. The Morgan fingerprint density at radius 1 is 1.02 bits per heavy atom. The van der Waals surface area contributed by atoms with Crippen molar-refractivity contribution >= 4 is 35.1 Å². The first kappa shape index (κ1) is 27.4. The Kier molecular flexibility index (Phi) is 6.32. The van der Waals surface area contributed by atoms with Crippen LogP contribution in [0.3, 0.4) is 0 Å². The van der Waals surface area contributed by atoms with E-state index < -0.39 is 64.9 Å². The Morgan fingerprint density at radius 3 is 2.40 bits per heavy atom. The van der Waals surface area contributed by atoms with Crippen LogP contribution in [0.5, 0.6) is 11.5 Å². The van der Waals surface area contributed by atoms with Gasteiger partial charge in [0.05, 0.1) is 17.5 Å². The molecule has 214 valence electrons. The van der Waals surface area contributed by atoms with Gasteiger partial charge >= 0.3 is 6.36 Å². The highest BCUT2D eigenvalue weighted by Crippen LogP contribution is 2.56. The summed E-state index contributed by atoms with van der Waals surface area (Å²) >= 11 is 0. The lowest BCUT2D eigenvalue weighted by Gasteiger charge is -2.42. The van der Waals surface area contributed by atoms with Crippen LogP contribution < -0.4 is 9.64 Å². The highest BCUT2D eigenvalue weighted by molar-refractivity contribution is 6.25. The van der Waals surface area contributed by atoms with E-state index in [0.29, 0.717) is 11.3 Å². The number of benzene rings is 2. The van der Waals surface area contributed by atoms with Gasteiger partial charge in [-0.15, -0.1) is 13.2 Å². The van der Waals surface area contributed by atoms with Gasteiger partial charge in [-0.25, -0.2) is 0 Å². The summed E-state index contributed by atoms with van der Waals surface area (Å²) in [6.07, 6.45) is -0.329. The van der Waals surface area contributed by atoms with Crippen molar-refractivity contribution in [2.45, 2.75) is 32.0 Å². The third-order valence-corrected chi connectivity index (χ3v) is 8.50. The lowest BCUT2D eigenvalue weighted by atomic mass is 9.59. The zero-order valence-electron chi connectivity index (χ0n) is 22.3. The molecule has 4 atom stereocenters. The lowest BCUT2D eigenvalue weighted by molar-refractivity contribution is -0.274. The minimum Gasteiger partial charge on any atom is -0.508 e. The van der Waals surface area contributed by atoms with E-state index in [-0.39, 0.29) is 35.1 Å². The predicted molar refractivity (Wildman–Crippen MR) is 145 cm³/mol. The summed E-state index contributed by atoms with van der Waals surface area (Å²) in [7, 11) is 0. The first-order valence-corrected chi connectivity index (χ1v) is 13.3. The number of carbonyl (C=O) groups excluding carboxylic acids is 4. The fraction of sp³-hybridized carbons (Fsp3) is 0.250. The topological polar surface area (TPSA) is 101 Å². The number of ether oxygens (including phenoxy) is 1. The van der Waals surface area contributed by atoms with Gasteiger partial charge in [-0.3, -0.25) is 24.1 Å². The van der Waals surface area contributed by atoms with Crippen LogP contribution in [0.4, 0.5) is 18.9 Å². The van der Waals surface area contributed by atoms with Crippen LogP contribution in [0.25, 0.3) is 6.08 Å². The molecule has 1 fully saturated rings. The van der Waals surface area contributed by atoms with Gasteiger partial charge < -0.3 is 9.84 Å². The standard InChI is InChI=1S/C32H24F3NO6/c1-3-16-4-6-17(7-5-16)36-30(40)20-10-9-19-21(27(20)31(36)41)14-23-25(38)12-15(2)29(39)28(23)26(19)22-13-18(8-11-24(22)37)42-32(33,34)35/h3-9,11-13,20-21,26-27,37H,1,10,14H2,2H3. The summed E-state index contributed by atoms with van der Waals surface area (Å²) in [5.41, 5.74) is 1.94. The van der Waals surface area contributed by atoms with Crippen molar-refractivity contribution in [1.29, 1.82) is 0 Å². The summed E-state index contributed by atoms with van der Waals surface area (Å²) in [4.78, 5) is 55.3. The molecule has 4 unspecified atom stereocenters. The quantitative estimate of drug-likeness (QED) is 0.291. The molecule has 0 saturated carbocycles. The number of carbonyl (C=O) groups is 4. The molecule has 2 aromatic rings. The maximum Gasteiger partial charge on any atom is 0.573 e. The molecule has 0 radical (unpaired) electrons. The predicted octanol–water partition coefficient (Wildman–Crippen LogP) is 5.57. The molecule has 0 aromatic heterocycles. The van der Waals surface area contributed by atoms with Gasteiger partial charge in [0, 0.05) is 28.2 Å². The third-order valence-electron chi connectivity index (χ3n) is 8.50. The Hall–Kier alpha value is -4.73. The van der Waals surface area contributed by atoms with E-state index in [9.17, 15) is 37.5 Å². The van der Waals surface area contributed by atoms with Crippen LogP contribution in [0.15, 0.2) is 83.5 Å². The van der Waals surface area contributed by atoms with E-state index >= 15 is 0 Å². The number of nitrogens with zero attached hydrogens (tertiary/aromatic N) is 1. The van der Waals surface area contributed by atoms with Gasteiger partial charge in [0.25, 0.3) is 0 Å². The normalized spacial score (nSPS) is 25.5. The first-order valence-electron chi connectivity index (χ1n) is 13.3. The molecule has 10 heteroatoms. The molecule has 1 N–H and O–H groups in total. The SMILES string of the molecule is C=Cc1ccc(N2C(=O)C3CC=C4C(c5cc(OC(F)(F)F)ccc5O)C5=C(CC4C3C2=O)C(=O)C=C(C)C5=O)cc1. The van der Waals surface area contributed by atoms with Gasteiger partial charge in [0.15, 0.2) is 11.6 Å². The van der Waals surface area contributed by atoms with Gasteiger partial charge in [-0.2, -0.15) is 0 Å². The first-order chi connectivity index (χ1) is 19.9. The number of imide groups is 1. The summed E-state index contributed by atoms with van der Waals surface area (Å²) in [6, 6.07) is 9.70. The third kappa shape index (κ3) is 4.29. The molecule has 0 spiro atoms. The number of halogens is 3. The second-order valence-electron chi connectivity index (χ2n) is 10.8. The van der Waals surface area contributed by atoms with E-state index in [4.69, 9.17) is 0 Å². The number of alkyl halides is 3. The van der Waals surface area contributed by atoms with Gasteiger partial charge in [0.1, 0.15) is 11.5 Å². The van der Waals surface area contributed by atoms with Gasteiger partial charge in [0.2, 0.25) is 11.8 Å². The molecule has 42 heavy (non-hydrogen) atoms. The number of hydrogen-bond donors (Lipinski definition) is 1. The second kappa shape index (κ2) is 9.68. The summed E-state index contributed by atoms with van der Waals surface area (Å²) in [5.74, 6) is -6.25. The molecule has 0 bridgehead atoms. The summed E-state index contributed by atoms with van der Waals surface area (Å²) in [6.45, 7) is 5.18. The van der Waals surface area contributed by atoms with E-state index in [1.807, 2.05) is 0 Å². The van der Waals surface area contributed by atoms with E-state index in [2.05, 4.69) is 11.3 Å². The highest BCUT2D eigenvalue weighted by atomic mass is 19.4. The van der Waals surface area contributed by atoms with Crippen molar-refractivity contribution in [3.8, 4) is 11.5 Å². The molecule has 2 amide bonds. The number of anilines is 1. The number of phenols is 1. The number of allylic oxidation sites excluding steroid dienone is 6. The van der Waals surface area contributed by atoms with Crippen LogP contribution in [-0.2, 0) is 19.2 Å². The number of rotatable bonds is 4. The number of Topliss-reactive ketones (excluding diaryl/α,β-unsaturated/α-hetero) is 1. The highest BCUT2D eigenvalue weighted by Gasteiger charge is 2.57. The molecule has 1 aliphatic heterocycles. The Balaban J connectivity index is 1.48. The zero-order valence-corrected chi connectivity index (χ0v) is 22.3. The van der Waals surface area contributed by atoms with Crippen LogP contribution >= 0.6 is 0 Å². The van der Waals surface area contributed by atoms with E-state index in [1.165, 1.54) is 13.0 Å². The van der Waals surface area contributed by atoms with E-state index in [0.717, 1.165) is 28.7 Å². The zero-order chi connectivity index (χ0) is 30.1. The van der Waals surface area contributed by atoms with Crippen LogP contribution in [-0.4, -0.2) is 34.8 Å². The Labute approximate surface area is 238 Å². The second-order valence-corrected chi connectivity index (χ2v) is 10.8. The largest absolute Gasteiger partial charge is 0.573 e. The number of amides is 2. The smallest absolute Gasteiger partial charge is 0.508 e. The van der Waals surface area contributed by atoms with Crippen molar-refractivity contribution in [3.05, 3.63) is 94.6 Å². The number of phenolic OH excluding ortho intramolecular Hbond substituents is 1. The number of hydrogen-bond acceptors (Lipinski definition) is 6. The maximum absolute atomic E-state index is 13.9. The summed E-state index contributed by atoms with van der Waals surface area (Å²) in [5, 5.41) is 10.9. The van der Waals surface area contributed by atoms with Crippen molar-refractivity contribution in [2.24, 2.45) is 17.8 Å². The molecule has 3 aliphatic carbocycles. The summed E-state index contributed by atoms with van der Waals surface area (Å²) < 4.78 is 43.3. The van der Waals surface area contributed by atoms with Crippen molar-refractivity contribution in [3.63, 3.8) is 0 Å². The molecule has 4 aliphatic rings. The fourth-order valence-electron chi connectivity index (χ4n) is 6.69. The number of fused-ring (bicyclic) bond motifs is 3. The average molecular weight is 576 g/mol. The van der Waals surface area contributed by atoms with Gasteiger partial charge in [-0.1, -0.05) is 36.4 Å². The maximum atomic E-state index is 13.9. The van der Waals surface area contributed by atoms with Crippen LogP contribution in [0.2, 0.25) is 0 Å². The number of aromatic hydroxyl groups is 1. The minimum absolute atomic E-state index is 0.00501. The van der Waals surface area contributed by atoms with Gasteiger partial charge in [-0.05, 0) is 67.7 Å². The van der Waals surface area contributed by atoms with Crippen molar-refractivity contribution in [2.75, 3.05) is 4.90 Å². The van der Waals surface area contributed by atoms with Crippen LogP contribution in [0.1, 0.15) is 36.8 Å². The molecule has 7 nitrogen and oxygen atoms in total. The lowest BCUT2D eigenvalue weighted by Crippen LogP contribution is -2.39. The monoisotopic (exact) mass is 575 g/mol. The van der Waals surface area contributed by atoms with Crippen LogP contribution in [0, 0.1) is 17.8 Å². The Morgan fingerprint density at radius 2 is 1.74 bits per heavy atom. The molecular weight excluding hydrogens is 551 g/mol. The average Bonchev–Trinajstić information content (AvgIpc) is 3.20. The molecular formula is C32H24F3NO6. The Bertz CT molecular complexity index is 1680.